The van der Waals surface area contributed by atoms with E-state index in [2.05, 4.69) is 5.32 Å². The molecule has 1 fully saturated rings. The number of halogens is 2. The molecule has 1 saturated heterocycles. The summed E-state index contributed by atoms with van der Waals surface area (Å²) in [5, 5.41) is 13.5. The molecule has 1 aromatic carbocycles. The predicted octanol–water partition coefficient (Wildman–Crippen LogP) is 2.38. The van der Waals surface area contributed by atoms with Crippen molar-refractivity contribution < 1.29 is 9.50 Å². The van der Waals surface area contributed by atoms with Crippen LogP contribution in [-0.4, -0.2) is 24.3 Å². The van der Waals surface area contributed by atoms with Gasteiger partial charge in [-0.3, -0.25) is 0 Å². The smallest absolute Gasteiger partial charge is 0.142 e. The lowest BCUT2D eigenvalue weighted by molar-refractivity contribution is 0.0890. The number of hydrogen-bond acceptors (Lipinski definition) is 2. The van der Waals surface area contributed by atoms with Crippen molar-refractivity contribution in [2.24, 2.45) is 5.92 Å². The van der Waals surface area contributed by atoms with E-state index in [9.17, 15) is 9.50 Å². The van der Waals surface area contributed by atoms with Crippen LogP contribution in [0.3, 0.4) is 0 Å². The highest BCUT2D eigenvalue weighted by atomic mass is 35.5. The highest BCUT2D eigenvalue weighted by Gasteiger charge is 2.22. The Morgan fingerprint density at radius 3 is 2.82 bits per heavy atom. The monoisotopic (exact) mass is 257 g/mol. The predicted molar refractivity (Wildman–Crippen MR) is 66.7 cm³/mol. The van der Waals surface area contributed by atoms with Gasteiger partial charge in [0.15, 0.2) is 0 Å². The Morgan fingerprint density at radius 1 is 1.41 bits per heavy atom. The van der Waals surface area contributed by atoms with Gasteiger partial charge in [-0.05, 0) is 43.5 Å². The van der Waals surface area contributed by atoms with Gasteiger partial charge in [-0.25, -0.2) is 4.39 Å². The van der Waals surface area contributed by atoms with Crippen LogP contribution in [0.15, 0.2) is 18.2 Å². The highest BCUT2D eigenvalue weighted by molar-refractivity contribution is 6.31. The van der Waals surface area contributed by atoms with Crippen LogP contribution in [0.4, 0.5) is 4.39 Å². The molecule has 0 aromatic heterocycles. The van der Waals surface area contributed by atoms with Crippen LogP contribution in [0.1, 0.15) is 18.4 Å². The largest absolute Gasteiger partial charge is 0.392 e. The van der Waals surface area contributed by atoms with Crippen molar-refractivity contribution in [3.63, 3.8) is 0 Å². The standard InChI is InChI=1S/C13H17ClFNO/c14-13-10(2-1-3-11(13)15)8-12(17)9-4-6-16-7-5-9/h1-3,9,12,16-17H,4-8H2. The van der Waals surface area contributed by atoms with Gasteiger partial charge in [0, 0.05) is 6.42 Å². The molecule has 1 heterocycles. The van der Waals surface area contributed by atoms with Gasteiger partial charge in [0.05, 0.1) is 11.1 Å². The molecule has 1 aliphatic rings. The molecule has 1 aliphatic heterocycles. The third-order valence-corrected chi connectivity index (χ3v) is 3.81. The van der Waals surface area contributed by atoms with Crippen LogP contribution in [0.2, 0.25) is 5.02 Å². The summed E-state index contributed by atoms with van der Waals surface area (Å²) in [5.41, 5.74) is 0.692. The van der Waals surface area contributed by atoms with E-state index in [1.165, 1.54) is 6.07 Å². The molecule has 17 heavy (non-hydrogen) atoms. The van der Waals surface area contributed by atoms with Crippen molar-refractivity contribution in [3.8, 4) is 0 Å². The maximum Gasteiger partial charge on any atom is 0.142 e. The summed E-state index contributed by atoms with van der Waals surface area (Å²) in [5.74, 6) is -0.128. The number of benzene rings is 1. The molecule has 4 heteroatoms. The molecular weight excluding hydrogens is 241 g/mol. The Labute approximate surface area is 106 Å². The number of aliphatic hydroxyl groups is 1. The Morgan fingerprint density at radius 2 is 2.12 bits per heavy atom. The molecule has 0 saturated carbocycles. The van der Waals surface area contributed by atoms with Crippen molar-refractivity contribution in [2.75, 3.05) is 13.1 Å². The summed E-state index contributed by atoms with van der Waals surface area (Å²) in [6, 6.07) is 4.74. The van der Waals surface area contributed by atoms with Gasteiger partial charge in [0.2, 0.25) is 0 Å². The van der Waals surface area contributed by atoms with Crippen LogP contribution in [0.5, 0.6) is 0 Å². The van der Waals surface area contributed by atoms with E-state index in [0.717, 1.165) is 25.9 Å². The van der Waals surface area contributed by atoms with Crippen LogP contribution >= 0.6 is 11.6 Å². The maximum atomic E-state index is 13.2. The molecule has 1 aromatic rings. The van der Waals surface area contributed by atoms with Crippen molar-refractivity contribution >= 4 is 11.6 Å². The summed E-state index contributed by atoms with van der Waals surface area (Å²) in [7, 11) is 0. The minimum atomic E-state index is -0.434. The molecule has 0 radical (unpaired) electrons. The van der Waals surface area contributed by atoms with E-state index in [-0.39, 0.29) is 10.9 Å². The van der Waals surface area contributed by atoms with Gasteiger partial charge in [-0.15, -0.1) is 0 Å². The maximum absolute atomic E-state index is 13.2. The number of aliphatic hydroxyl groups excluding tert-OH is 1. The summed E-state index contributed by atoms with van der Waals surface area (Å²) >= 11 is 5.88. The van der Waals surface area contributed by atoms with Gasteiger partial charge in [0.25, 0.3) is 0 Å². The molecule has 0 amide bonds. The van der Waals surface area contributed by atoms with Crippen molar-refractivity contribution in [1.29, 1.82) is 0 Å². The first-order chi connectivity index (χ1) is 8.18. The van der Waals surface area contributed by atoms with Crippen LogP contribution in [0.25, 0.3) is 0 Å². The molecule has 0 aliphatic carbocycles. The zero-order valence-electron chi connectivity index (χ0n) is 9.63. The number of nitrogens with one attached hydrogen (secondary N) is 1. The molecule has 2 nitrogen and oxygen atoms in total. The topological polar surface area (TPSA) is 32.3 Å². The van der Waals surface area contributed by atoms with Crippen LogP contribution in [0, 0.1) is 11.7 Å². The third-order valence-electron chi connectivity index (χ3n) is 3.39. The van der Waals surface area contributed by atoms with E-state index in [1.807, 2.05) is 0 Å². The summed E-state index contributed by atoms with van der Waals surface area (Å²) < 4.78 is 13.2. The van der Waals surface area contributed by atoms with E-state index in [4.69, 9.17) is 11.6 Å². The van der Waals surface area contributed by atoms with Gasteiger partial charge in [-0.2, -0.15) is 0 Å². The van der Waals surface area contributed by atoms with E-state index >= 15 is 0 Å². The first-order valence-corrected chi connectivity index (χ1v) is 6.38. The van der Waals surface area contributed by atoms with Crippen LogP contribution < -0.4 is 5.32 Å². The lowest BCUT2D eigenvalue weighted by atomic mass is 9.88. The Kier molecular flexibility index (Phi) is 4.37. The minimum Gasteiger partial charge on any atom is -0.392 e. The molecule has 0 bridgehead atoms. The Hall–Kier alpha value is -0.640. The average molecular weight is 258 g/mol. The summed E-state index contributed by atoms with van der Waals surface area (Å²) in [4.78, 5) is 0. The number of rotatable bonds is 3. The normalized spacial score (nSPS) is 19.2. The first kappa shape index (κ1) is 12.8. The summed E-state index contributed by atoms with van der Waals surface area (Å²) in [6.07, 6.45) is 1.93. The van der Waals surface area contributed by atoms with Crippen molar-refractivity contribution in [2.45, 2.75) is 25.4 Å². The highest BCUT2D eigenvalue weighted by Crippen LogP contribution is 2.25. The molecule has 2 rings (SSSR count). The second-order valence-electron chi connectivity index (χ2n) is 4.57. The minimum absolute atomic E-state index is 0.139. The third kappa shape index (κ3) is 3.18. The SMILES string of the molecule is OC(Cc1cccc(F)c1Cl)C1CCNCC1. The van der Waals surface area contributed by atoms with E-state index < -0.39 is 11.9 Å². The van der Waals surface area contributed by atoms with Crippen LogP contribution in [-0.2, 0) is 6.42 Å². The van der Waals surface area contributed by atoms with Crippen molar-refractivity contribution in [1.82, 2.24) is 5.32 Å². The lowest BCUT2D eigenvalue weighted by Gasteiger charge is -2.27. The summed E-state index contributed by atoms with van der Waals surface area (Å²) in [6.45, 7) is 1.89. The molecule has 1 unspecified atom stereocenters. The molecule has 0 spiro atoms. The van der Waals surface area contributed by atoms with Crippen molar-refractivity contribution in [3.05, 3.63) is 34.6 Å². The second-order valence-corrected chi connectivity index (χ2v) is 4.95. The number of piperidine rings is 1. The molecule has 2 N–H and O–H groups in total. The van der Waals surface area contributed by atoms with Gasteiger partial charge < -0.3 is 10.4 Å². The fourth-order valence-electron chi connectivity index (χ4n) is 2.33. The van der Waals surface area contributed by atoms with Gasteiger partial charge in [0.1, 0.15) is 5.82 Å². The Balaban J connectivity index is 2.01. The Bertz CT molecular complexity index is 380. The van der Waals surface area contributed by atoms with E-state index in [1.54, 1.807) is 12.1 Å². The fraction of sp³-hybridized carbons (Fsp3) is 0.538. The zero-order chi connectivity index (χ0) is 12.3. The quantitative estimate of drug-likeness (QED) is 0.872. The van der Waals surface area contributed by atoms with E-state index in [0.29, 0.717) is 12.0 Å². The molecular formula is C13H17ClFNO. The average Bonchev–Trinajstić information content (AvgIpc) is 2.36. The second kappa shape index (κ2) is 5.80. The molecule has 1 atom stereocenters. The lowest BCUT2D eigenvalue weighted by Crippen LogP contribution is -2.35. The molecule has 94 valence electrons. The zero-order valence-corrected chi connectivity index (χ0v) is 10.4. The first-order valence-electron chi connectivity index (χ1n) is 6.00. The number of hydrogen-bond donors (Lipinski definition) is 2. The fourth-order valence-corrected chi connectivity index (χ4v) is 2.53. The van der Waals surface area contributed by atoms with Gasteiger partial charge in [-0.1, -0.05) is 23.7 Å². The van der Waals surface area contributed by atoms with Gasteiger partial charge >= 0.3 is 0 Å².